The minimum absolute atomic E-state index is 0.0453. The van der Waals surface area contributed by atoms with Gasteiger partial charge in [-0.3, -0.25) is 9.59 Å². The Morgan fingerprint density at radius 2 is 2.00 bits per heavy atom. The number of amides is 3. The maximum atomic E-state index is 12.6. The molecule has 1 heterocycles. The Balaban J connectivity index is 1.95. The van der Waals surface area contributed by atoms with Crippen molar-refractivity contribution < 1.29 is 19.1 Å². The molecule has 1 atom stereocenters. The van der Waals surface area contributed by atoms with E-state index in [1.165, 1.54) is 0 Å². The molecule has 1 aliphatic heterocycles. The number of anilines is 1. The van der Waals surface area contributed by atoms with Gasteiger partial charge in [-0.05, 0) is 25.8 Å². The Labute approximate surface area is 153 Å². The third-order valence-electron chi connectivity index (χ3n) is 4.81. The second kappa shape index (κ2) is 7.76. The molecule has 1 unspecified atom stereocenters. The molecular weight excluding hydrogens is 334 g/mol. The van der Waals surface area contributed by atoms with Crippen LogP contribution in [-0.4, -0.2) is 49.5 Å². The molecule has 26 heavy (non-hydrogen) atoms. The zero-order chi connectivity index (χ0) is 18.7. The molecule has 3 rings (SSSR count). The van der Waals surface area contributed by atoms with Crippen LogP contribution >= 0.6 is 0 Å². The van der Waals surface area contributed by atoms with E-state index in [2.05, 4.69) is 5.32 Å². The molecule has 1 N–H and O–H groups in total. The van der Waals surface area contributed by atoms with E-state index in [1.54, 1.807) is 16.8 Å². The fourth-order valence-electron chi connectivity index (χ4n) is 3.19. The van der Waals surface area contributed by atoms with Crippen molar-refractivity contribution in [2.45, 2.75) is 32.3 Å². The molecule has 0 bridgehead atoms. The first-order valence-electron chi connectivity index (χ1n) is 9.10. The van der Waals surface area contributed by atoms with Crippen LogP contribution in [0.15, 0.2) is 24.3 Å². The largest absolute Gasteiger partial charge is 0.439 e. The lowest BCUT2D eigenvalue weighted by Gasteiger charge is -2.28. The van der Waals surface area contributed by atoms with Crippen LogP contribution in [0.4, 0.5) is 10.5 Å². The minimum atomic E-state index is -0.631. The molecule has 1 aromatic carbocycles. The van der Waals surface area contributed by atoms with Crippen molar-refractivity contribution in [3.05, 3.63) is 29.8 Å². The van der Waals surface area contributed by atoms with Gasteiger partial charge in [-0.1, -0.05) is 18.2 Å². The van der Waals surface area contributed by atoms with Gasteiger partial charge in [0, 0.05) is 38.0 Å². The molecule has 2 aliphatic rings. The van der Waals surface area contributed by atoms with Gasteiger partial charge in [-0.15, -0.1) is 0 Å². The van der Waals surface area contributed by atoms with Crippen LogP contribution in [0, 0.1) is 5.92 Å². The second-order valence-corrected chi connectivity index (χ2v) is 6.74. The number of fused-ring (bicyclic) bond motifs is 1. The predicted molar refractivity (Wildman–Crippen MR) is 96.7 cm³/mol. The van der Waals surface area contributed by atoms with Crippen LogP contribution in [0.2, 0.25) is 0 Å². The third kappa shape index (κ3) is 3.98. The van der Waals surface area contributed by atoms with Gasteiger partial charge in [0.15, 0.2) is 0 Å². The van der Waals surface area contributed by atoms with Crippen molar-refractivity contribution in [1.82, 2.24) is 10.2 Å². The smallest absolute Gasteiger partial charge is 0.407 e. The fraction of sp³-hybridized carbons (Fsp3) is 0.526. The highest BCUT2D eigenvalue weighted by Gasteiger charge is 2.36. The summed E-state index contributed by atoms with van der Waals surface area (Å²) >= 11 is 0. The van der Waals surface area contributed by atoms with Gasteiger partial charge in [0.1, 0.15) is 6.10 Å². The van der Waals surface area contributed by atoms with Crippen LogP contribution in [-0.2, 0) is 14.3 Å². The van der Waals surface area contributed by atoms with Crippen molar-refractivity contribution >= 4 is 23.6 Å². The van der Waals surface area contributed by atoms with Gasteiger partial charge in [0.05, 0.1) is 12.2 Å². The quantitative estimate of drug-likeness (QED) is 0.896. The number of hydrogen-bond acceptors (Lipinski definition) is 4. The maximum Gasteiger partial charge on any atom is 0.407 e. The number of carbonyl (C=O) groups excluding carboxylic acids is 3. The van der Waals surface area contributed by atoms with Crippen molar-refractivity contribution in [2.75, 3.05) is 31.6 Å². The lowest BCUT2D eigenvalue weighted by Crippen LogP contribution is -2.39. The molecule has 0 radical (unpaired) electrons. The molecule has 1 aromatic rings. The van der Waals surface area contributed by atoms with E-state index in [9.17, 15) is 14.4 Å². The summed E-state index contributed by atoms with van der Waals surface area (Å²) in [4.78, 5) is 40.5. The summed E-state index contributed by atoms with van der Waals surface area (Å²) in [6.45, 7) is 2.86. The molecule has 140 valence electrons. The molecule has 0 spiro atoms. The summed E-state index contributed by atoms with van der Waals surface area (Å²) < 4.78 is 5.63. The lowest BCUT2D eigenvalue weighted by molar-refractivity contribution is -0.134. The number of para-hydroxylation sites is 1. The number of ether oxygens (including phenoxy) is 1. The Morgan fingerprint density at radius 1 is 1.27 bits per heavy atom. The first-order valence-corrected chi connectivity index (χ1v) is 9.10. The van der Waals surface area contributed by atoms with Crippen LogP contribution < -0.4 is 10.2 Å². The van der Waals surface area contributed by atoms with E-state index in [1.807, 2.05) is 31.2 Å². The summed E-state index contributed by atoms with van der Waals surface area (Å²) in [5.74, 6) is 0.0259. The van der Waals surface area contributed by atoms with Crippen LogP contribution in [0.25, 0.3) is 0 Å². The Morgan fingerprint density at radius 3 is 2.69 bits per heavy atom. The zero-order valence-electron chi connectivity index (χ0n) is 15.2. The average molecular weight is 359 g/mol. The highest BCUT2D eigenvalue weighted by atomic mass is 16.6. The highest BCUT2D eigenvalue weighted by Crippen LogP contribution is 2.34. The normalized spacial score (nSPS) is 20.5. The number of nitrogens with zero attached hydrogens (tertiary/aromatic N) is 2. The molecule has 0 saturated heterocycles. The van der Waals surface area contributed by atoms with Gasteiger partial charge in [-0.2, -0.15) is 0 Å². The number of nitrogens with one attached hydrogen (secondary N) is 1. The van der Waals surface area contributed by atoms with E-state index in [-0.39, 0.29) is 30.7 Å². The van der Waals surface area contributed by atoms with Crippen LogP contribution in [0.1, 0.15) is 37.9 Å². The van der Waals surface area contributed by atoms with Gasteiger partial charge in [-0.25, -0.2) is 4.79 Å². The maximum absolute atomic E-state index is 12.6. The molecule has 0 aromatic heterocycles. The van der Waals surface area contributed by atoms with Gasteiger partial charge >= 0.3 is 6.09 Å². The molecule has 1 aliphatic carbocycles. The van der Waals surface area contributed by atoms with E-state index in [0.717, 1.165) is 18.4 Å². The van der Waals surface area contributed by atoms with Crippen molar-refractivity contribution in [2.24, 2.45) is 5.92 Å². The summed E-state index contributed by atoms with van der Waals surface area (Å²) in [5, 5.41) is 2.63. The van der Waals surface area contributed by atoms with Crippen LogP contribution in [0.5, 0.6) is 0 Å². The molecule has 7 nitrogen and oxygen atoms in total. The Bertz CT molecular complexity index is 702. The van der Waals surface area contributed by atoms with Gasteiger partial charge in [0.2, 0.25) is 11.8 Å². The third-order valence-corrected chi connectivity index (χ3v) is 4.81. The monoisotopic (exact) mass is 359 g/mol. The topological polar surface area (TPSA) is 79.0 Å². The molecule has 1 fully saturated rings. The summed E-state index contributed by atoms with van der Waals surface area (Å²) in [5.41, 5.74) is 1.43. The molecule has 7 heteroatoms. The molecular formula is C19H25N3O4. The SMILES string of the molecule is CCNC(=O)OC1CN(C(=O)C2CC2)CCC(=O)N(C)c2ccccc21. The first-order chi connectivity index (χ1) is 12.5. The summed E-state index contributed by atoms with van der Waals surface area (Å²) in [6, 6.07) is 7.36. The van der Waals surface area contributed by atoms with Gasteiger partial charge in [0.25, 0.3) is 0 Å². The summed E-state index contributed by atoms with van der Waals surface area (Å²) in [6.07, 6.45) is 0.869. The second-order valence-electron chi connectivity index (χ2n) is 6.74. The van der Waals surface area contributed by atoms with Crippen molar-refractivity contribution in [3.63, 3.8) is 0 Å². The zero-order valence-corrected chi connectivity index (χ0v) is 15.2. The number of hydrogen-bond donors (Lipinski definition) is 1. The molecule has 1 saturated carbocycles. The number of carbonyl (C=O) groups is 3. The Kier molecular flexibility index (Phi) is 5.44. The standard InChI is InChI=1S/C19H25N3O4/c1-3-20-19(25)26-16-12-22(18(24)13-8-9-13)11-10-17(23)21(2)15-7-5-4-6-14(15)16/h4-7,13,16H,3,8-12H2,1-2H3,(H,20,25). The highest BCUT2D eigenvalue weighted by molar-refractivity contribution is 5.94. The van der Waals surface area contributed by atoms with E-state index < -0.39 is 12.2 Å². The number of alkyl carbamates (subject to hydrolysis) is 1. The van der Waals surface area contributed by atoms with Gasteiger partial charge < -0.3 is 19.9 Å². The molecule has 3 amide bonds. The predicted octanol–water partition coefficient (Wildman–Crippen LogP) is 2.08. The van der Waals surface area contributed by atoms with E-state index in [4.69, 9.17) is 4.74 Å². The fourth-order valence-corrected chi connectivity index (χ4v) is 3.19. The first kappa shape index (κ1) is 18.2. The van der Waals surface area contributed by atoms with E-state index >= 15 is 0 Å². The average Bonchev–Trinajstić information content (AvgIpc) is 3.47. The van der Waals surface area contributed by atoms with E-state index in [0.29, 0.717) is 18.8 Å². The lowest BCUT2D eigenvalue weighted by atomic mass is 10.1. The summed E-state index contributed by atoms with van der Waals surface area (Å²) in [7, 11) is 1.71. The number of benzene rings is 1. The van der Waals surface area contributed by atoms with Crippen LogP contribution in [0.3, 0.4) is 0 Å². The van der Waals surface area contributed by atoms with Crippen molar-refractivity contribution in [1.29, 1.82) is 0 Å². The van der Waals surface area contributed by atoms with Crippen molar-refractivity contribution in [3.8, 4) is 0 Å². The Hall–Kier alpha value is -2.57. The number of rotatable bonds is 3. The minimum Gasteiger partial charge on any atom is -0.439 e.